The maximum absolute atomic E-state index is 12.9. The van der Waals surface area contributed by atoms with Crippen molar-refractivity contribution in [3.05, 3.63) is 21.1 Å². The number of hydrogen-bond acceptors (Lipinski definition) is 3. The van der Waals surface area contributed by atoms with Crippen LogP contribution >= 0.6 is 11.3 Å². The van der Waals surface area contributed by atoms with Crippen molar-refractivity contribution >= 4 is 11.3 Å². The van der Waals surface area contributed by atoms with Gasteiger partial charge in [0.1, 0.15) is 16.8 Å². The number of aliphatic hydroxyl groups excluding tert-OH is 1. The van der Waals surface area contributed by atoms with Gasteiger partial charge in [-0.1, -0.05) is 0 Å². The lowest BCUT2D eigenvalue weighted by atomic mass is 10.2. The van der Waals surface area contributed by atoms with Gasteiger partial charge in [-0.2, -0.15) is 5.26 Å². The molecular formula is C7H6FNOS. The summed E-state index contributed by atoms with van der Waals surface area (Å²) >= 11 is 1.000. The molecule has 1 rings (SSSR count). The Morgan fingerprint density at radius 2 is 2.36 bits per heavy atom. The van der Waals surface area contributed by atoms with Crippen molar-refractivity contribution in [2.24, 2.45) is 0 Å². The first-order chi connectivity index (χ1) is 5.20. The number of aliphatic hydroxyl groups is 1. The Morgan fingerprint density at radius 1 is 1.73 bits per heavy atom. The van der Waals surface area contributed by atoms with Crippen LogP contribution in [0.3, 0.4) is 0 Å². The number of nitriles is 1. The van der Waals surface area contributed by atoms with Gasteiger partial charge in [-0.3, -0.25) is 0 Å². The Balaban J connectivity index is 3.26. The van der Waals surface area contributed by atoms with Gasteiger partial charge in [-0.05, 0) is 6.92 Å². The van der Waals surface area contributed by atoms with Crippen LogP contribution in [0.15, 0.2) is 0 Å². The van der Waals surface area contributed by atoms with Gasteiger partial charge in [0.25, 0.3) is 0 Å². The third-order valence-corrected chi connectivity index (χ3v) is 2.54. The summed E-state index contributed by atoms with van der Waals surface area (Å²) in [5.74, 6) is -0.450. The molecule has 0 unspecified atom stereocenters. The van der Waals surface area contributed by atoms with Gasteiger partial charge in [0.05, 0.1) is 11.5 Å². The lowest BCUT2D eigenvalue weighted by Crippen LogP contribution is -1.82. The third kappa shape index (κ3) is 1.25. The predicted octanol–water partition coefficient (Wildman–Crippen LogP) is 1.56. The summed E-state index contributed by atoms with van der Waals surface area (Å²) in [6.07, 6.45) is 0. The molecule has 58 valence electrons. The average molecular weight is 171 g/mol. The first-order valence-electron chi connectivity index (χ1n) is 2.99. The van der Waals surface area contributed by atoms with Crippen molar-refractivity contribution < 1.29 is 9.50 Å². The van der Waals surface area contributed by atoms with E-state index in [0.717, 1.165) is 11.3 Å². The minimum atomic E-state index is -0.450. The summed E-state index contributed by atoms with van der Waals surface area (Å²) in [5, 5.41) is 17.1. The Hall–Kier alpha value is -0.920. The Kier molecular flexibility index (Phi) is 2.22. The zero-order valence-corrected chi connectivity index (χ0v) is 6.70. The normalized spacial score (nSPS) is 9.64. The topological polar surface area (TPSA) is 44.0 Å². The summed E-state index contributed by atoms with van der Waals surface area (Å²) < 4.78 is 12.9. The van der Waals surface area contributed by atoms with E-state index in [1.165, 1.54) is 6.92 Å². The zero-order valence-electron chi connectivity index (χ0n) is 5.89. The molecule has 0 bridgehead atoms. The van der Waals surface area contributed by atoms with E-state index in [0.29, 0.717) is 10.4 Å². The van der Waals surface area contributed by atoms with Crippen LogP contribution in [0, 0.1) is 24.1 Å². The SMILES string of the molecule is Cc1c(C#N)sc(CO)c1F. The van der Waals surface area contributed by atoms with E-state index in [4.69, 9.17) is 10.4 Å². The second-order valence-corrected chi connectivity index (χ2v) is 3.17. The van der Waals surface area contributed by atoms with Crippen LogP contribution in [0.2, 0.25) is 0 Å². The molecular weight excluding hydrogens is 165 g/mol. The highest BCUT2D eigenvalue weighted by Crippen LogP contribution is 2.25. The predicted molar refractivity (Wildman–Crippen MR) is 39.7 cm³/mol. The highest BCUT2D eigenvalue weighted by molar-refractivity contribution is 7.12. The Labute approximate surface area is 67.5 Å². The fourth-order valence-electron chi connectivity index (χ4n) is 0.762. The molecule has 0 aromatic carbocycles. The molecule has 1 aromatic heterocycles. The van der Waals surface area contributed by atoms with Gasteiger partial charge in [0.2, 0.25) is 0 Å². The maximum atomic E-state index is 12.9. The molecule has 0 spiro atoms. The molecule has 0 aliphatic heterocycles. The molecule has 1 aromatic rings. The van der Waals surface area contributed by atoms with Crippen LogP contribution in [0.25, 0.3) is 0 Å². The van der Waals surface area contributed by atoms with Gasteiger partial charge in [-0.15, -0.1) is 11.3 Å². The molecule has 1 heterocycles. The quantitative estimate of drug-likeness (QED) is 0.696. The molecule has 0 fully saturated rings. The lowest BCUT2D eigenvalue weighted by Gasteiger charge is -1.86. The minimum absolute atomic E-state index is 0.235. The molecule has 11 heavy (non-hydrogen) atoms. The van der Waals surface area contributed by atoms with Gasteiger partial charge >= 0.3 is 0 Å². The van der Waals surface area contributed by atoms with Gasteiger partial charge in [0, 0.05) is 5.56 Å². The molecule has 0 aliphatic carbocycles. The van der Waals surface area contributed by atoms with E-state index in [2.05, 4.69) is 0 Å². The van der Waals surface area contributed by atoms with Gasteiger partial charge in [-0.25, -0.2) is 4.39 Å². The fourth-order valence-corrected chi connectivity index (χ4v) is 1.60. The van der Waals surface area contributed by atoms with Crippen LogP contribution in [-0.4, -0.2) is 5.11 Å². The molecule has 0 atom stereocenters. The number of halogens is 1. The second kappa shape index (κ2) is 2.99. The highest BCUT2D eigenvalue weighted by atomic mass is 32.1. The molecule has 0 amide bonds. The number of rotatable bonds is 1. The lowest BCUT2D eigenvalue weighted by molar-refractivity contribution is 0.280. The first kappa shape index (κ1) is 8.18. The van der Waals surface area contributed by atoms with E-state index in [-0.39, 0.29) is 11.5 Å². The largest absolute Gasteiger partial charge is 0.391 e. The van der Waals surface area contributed by atoms with Crippen molar-refractivity contribution in [1.82, 2.24) is 0 Å². The Morgan fingerprint density at radius 3 is 2.64 bits per heavy atom. The average Bonchev–Trinajstić information content (AvgIpc) is 2.30. The molecule has 0 saturated carbocycles. The Bertz CT molecular complexity index is 313. The van der Waals surface area contributed by atoms with Crippen molar-refractivity contribution in [3.8, 4) is 6.07 Å². The van der Waals surface area contributed by atoms with E-state index >= 15 is 0 Å². The maximum Gasteiger partial charge on any atom is 0.143 e. The summed E-state index contributed by atoms with van der Waals surface area (Å²) in [4.78, 5) is 0.575. The van der Waals surface area contributed by atoms with Crippen molar-refractivity contribution in [1.29, 1.82) is 5.26 Å². The monoisotopic (exact) mass is 171 g/mol. The van der Waals surface area contributed by atoms with Gasteiger partial charge in [0.15, 0.2) is 0 Å². The van der Waals surface area contributed by atoms with Crippen LogP contribution < -0.4 is 0 Å². The standard InChI is InChI=1S/C7H6FNOS/c1-4-5(2-9)11-6(3-10)7(4)8/h10H,3H2,1H3. The van der Waals surface area contributed by atoms with Crippen molar-refractivity contribution in [3.63, 3.8) is 0 Å². The van der Waals surface area contributed by atoms with Crippen LogP contribution in [0.1, 0.15) is 15.3 Å². The van der Waals surface area contributed by atoms with E-state index in [1.54, 1.807) is 0 Å². The minimum Gasteiger partial charge on any atom is -0.391 e. The first-order valence-corrected chi connectivity index (χ1v) is 3.81. The zero-order chi connectivity index (χ0) is 8.43. The van der Waals surface area contributed by atoms with Gasteiger partial charge < -0.3 is 5.11 Å². The van der Waals surface area contributed by atoms with Crippen LogP contribution in [0.4, 0.5) is 4.39 Å². The number of hydrogen-bond donors (Lipinski definition) is 1. The summed E-state index contributed by atoms with van der Waals surface area (Å²) in [6.45, 7) is 1.20. The summed E-state index contributed by atoms with van der Waals surface area (Å²) in [6, 6.07) is 1.86. The summed E-state index contributed by atoms with van der Waals surface area (Å²) in [5.41, 5.74) is 0.335. The second-order valence-electron chi connectivity index (χ2n) is 2.06. The molecule has 0 radical (unpaired) electrons. The summed E-state index contributed by atoms with van der Waals surface area (Å²) in [7, 11) is 0. The molecule has 0 aliphatic rings. The number of thiophene rings is 1. The van der Waals surface area contributed by atoms with E-state index in [9.17, 15) is 4.39 Å². The van der Waals surface area contributed by atoms with Crippen molar-refractivity contribution in [2.45, 2.75) is 13.5 Å². The molecule has 0 saturated heterocycles. The molecule has 4 heteroatoms. The van der Waals surface area contributed by atoms with Crippen LogP contribution in [0.5, 0.6) is 0 Å². The number of nitrogens with zero attached hydrogens (tertiary/aromatic N) is 1. The molecule has 1 N–H and O–H groups in total. The highest BCUT2D eigenvalue weighted by Gasteiger charge is 2.12. The van der Waals surface area contributed by atoms with E-state index < -0.39 is 5.82 Å². The molecule has 2 nitrogen and oxygen atoms in total. The smallest absolute Gasteiger partial charge is 0.143 e. The fraction of sp³-hybridized carbons (Fsp3) is 0.286. The van der Waals surface area contributed by atoms with E-state index in [1.807, 2.05) is 6.07 Å². The third-order valence-electron chi connectivity index (χ3n) is 1.39. The van der Waals surface area contributed by atoms with Crippen molar-refractivity contribution in [2.75, 3.05) is 0 Å². The van der Waals surface area contributed by atoms with Crippen LogP contribution in [-0.2, 0) is 6.61 Å².